The topological polar surface area (TPSA) is 86.8 Å². The summed E-state index contributed by atoms with van der Waals surface area (Å²) < 4.78 is 15.6. The van der Waals surface area contributed by atoms with Gasteiger partial charge in [0.2, 0.25) is 0 Å². The molecule has 3 aromatic rings. The van der Waals surface area contributed by atoms with E-state index in [1.807, 2.05) is 29.6 Å². The molecule has 3 rings (SSSR count). The standard InChI is InChI=1S/C20H20N2O5S2/c1-25-16-6-5-13(8-17(16)26-2)20-22-14(12-29-20)9-19(24)27-11-18(23)21-10-15-4-3-7-28-15/h3-8,12H,9-11H2,1-2H3,(H,21,23). The number of ether oxygens (including phenoxy) is 3. The molecule has 0 aliphatic carbocycles. The van der Waals surface area contributed by atoms with Crippen LogP contribution in [-0.4, -0.2) is 37.7 Å². The molecule has 29 heavy (non-hydrogen) atoms. The van der Waals surface area contributed by atoms with Gasteiger partial charge in [0, 0.05) is 15.8 Å². The molecule has 0 aliphatic heterocycles. The Labute approximate surface area is 176 Å². The molecule has 0 aliphatic rings. The first kappa shape index (κ1) is 20.8. The number of benzene rings is 1. The minimum Gasteiger partial charge on any atom is -0.493 e. The van der Waals surface area contributed by atoms with Crippen LogP contribution in [0.5, 0.6) is 11.5 Å². The number of thiophene rings is 1. The van der Waals surface area contributed by atoms with Gasteiger partial charge in [-0.2, -0.15) is 0 Å². The van der Waals surface area contributed by atoms with E-state index in [4.69, 9.17) is 14.2 Å². The molecule has 1 N–H and O–H groups in total. The van der Waals surface area contributed by atoms with Crippen LogP contribution < -0.4 is 14.8 Å². The van der Waals surface area contributed by atoms with E-state index in [1.54, 1.807) is 37.0 Å². The summed E-state index contributed by atoms with van der Waals surface area (Å²) in [5, 5.41) is 7.19. The number of nitrogens with one attached hydrogen (secondary N) is 1. The molecule has 0 bridgehead atoms. The number of esters is 1. The Kier molecular flexibility index (Phi) is 7.20. The van der Waals surface area contributed by atoms with E-state index in [0.29, 0.717) is 23.7 Å². The van der Waals surface area contributed by atoms with Crippen LogP contribution in [0.15, 0.2) is 41.1 Å². The predicted molar refractivity (Wildman–Crippen MR) is 111 cm³/mol. The molecule has 1 amide bonds. The lowest BCUT2D eigenvalue weighted by molar-refractivity contribution is -0.147. The maximum absolute atomic E-state index is 12.0. The van der Waals surface area contributed by atoms with Gasteiger partial charge in [0.1, 0.15) is 5.01 Å². The van der Waals surface area contributed by atoms with Crippen molar-refractivity contribution >= 4 is 34.6 Å². The number of nitrogens with zero attached hydrogens (tertiary/aromatic N) is 1. The van der Waals surface area contributed by atoms with Crippen molar-refractivity contribution in [1.29, 1.82) is 0 Å². The Bertz CT molecular complexity index is 969. The normalized spacial score (nSPS) is 10.4. The van der Waals surface area contributed by atoms with Gasteiger partial charge < -0.3 is 19.5 Å². The van der Waals surface area contributed by atoms with E-state index in [1.165, 1.54) is 11.3 Å². The van der Waals surface area contributed by atoms with Gasteiger partial charge in [0.15, 0.2) is 18.1 Å². The van der Waals surface area contributed by atoms with Gasteiger partial charge >= 0.3 is 5.97 Å². The summed E-state index contributed by atoms with van der Waals surface area (Å²) in [4.78, 5) is 29.3. The number of hydrogen-bond acceptors (Lipinski definition) is 8. The molecule has 0 saturated heterocycles. The second-order valence-corrected chi connectivity index (χ2v) is 7.80. The van der Waals surface area contributed by atoms with Gasteiger partial charge in [-0.3, -0.25) is 9.59 Å². The van der Waals surface area contributed by atoms with Crippen molar-refractivity contribution in [3.8, 4) is 22.1 Å². The third-order valence-corrected chi connectivity index (χ3v) is 5.73. The fourth-order valence-corrected chi connectivity index (χ4v) is 3.95. The predicted octanol–water partition coefficient (Wildman–Crippen LogP) is 3.29. The maximum Gasteiger partial charge on any atom is 0.312 e. The third kappa shape index (κ3) is 5.78. The second-order valence-electron chi connectivity index (χ2n) is 5.91. The first-order valence-corrected chi connectivity index (χ1v) is 10.5. The maximum atomic E-state index is 12.0. The average molecular weight is 433 g/mol. The molecule has 0 fully saturated rings. The number of thiazole rings is 1. The summed E-state index contributed by atoms with van der Waals surface area (Å²) in [5.74, 6) is 0.403. The molecule has 0 saturated carbocycles. The number of methoxy groups -OCH3 is 2. The van der Waals surface area contributed by atoms with Crippen LogP contribution in [0.3, 0.4) is 0 Å². The average Bonchev–Trinajstić information content (AvgIpc) is 3.42. The number of hydrogen-bond donors (Lipinski definition) is 1. The van der Waals surface area contributed by atoms with Crippen molar-refractivity contribution in [3.63, 3.8) is 0 Å². The first-order chi connectivity index (χ1) is 14.1. The molecule has 7 nitrogen and oxygen atoms in total. The Balaban J connectivity index is 1.50. The zero-order valence-electron chi connectivity index (χ0n) is 16.0. The van der Waals surface area contributed by atoms with Crippen molar-refractivity contribution in [3.05, 3.63) is 51.7 Å². The van der Waals surface area contributed by atoms with Crippen LogP contribution in [-0.2, 0) is 27.3 Å². The quantitative estimate of drug-likeness (QED) is 0.522. The highest BCUT2D eigenvalue weighted by atomic mass is 32.1. The lowest BCUT2D eigenvalue weighted by Gasteiger charge is -2.08. The van der Waals surface area contributed by atoms with Gasteiger partial charge in [-0.1, -0.05) is 6.07 Å². The molecule has 0 unspecified atom stereocenters. The van der Waals surface area contributed by atoms with Crippen molar-refractivity contribution in [2.75, 3.05) is 20.8 Å². The molecule has 2 aromatic heterocycles. The molecular formula is C20H20N2O5S2. The van der Waals surface area contributed by atoms with E-state index in [-0.39, 0.29) is 18.9 Å². The monoisotopic (exact) mass is 432 g/mol. The second kappa shape index (κ2) is 10.0. The Morgan fingerprint density at radius 3 is 2.66 bits per heavy atom. The Hall–Kier alpha value is -2.91. The summed E-state index contributed by atoms with van der Waals surface area (Å²) in [6, 6.07) is 9.35. The van der Waals surface area contributed by atoms with Gasteiger partial charge in [-0.05, 0) is 29.6 Å². The third-order valence-electron chi connectivity index (χ3n) is 3.91. The summed E-state index contributed by atoms with van der Waals surface area (Å²) in [6.07, 6.45) is 0.00198. The van der Waals surface area contributed by atoms with Crippen LogP contribution in [0.2, 0.25) is 0 Å². The molecule has 0 atom stereocenters. The molecule has 0 spiro atoms. The van der Waals surface area contributed by atoms with E-state index >= 15 is 0 Å². The molecule has 1 aromatic carbocycles. The van der Waals surface area contributed by atoms with Crippen molar-refractivity contribution in [2.45, 2.75) is 13.0 Å². The van der Waals surface area contributed by atoms with Crippen LogP contribution in [0.4, 0.5) is 0 Å². The number of rotatable bonds is 9. The van der Waals surface area contributed by atoms with Gasteiger partial charge in [0.25, 0.3) is 5.91 Å². The molecule has 152 valence electrons. The van der Waals surface area contributed by atoms with E-state index in [2.05, 4.69) is 10.3 Å². The van der Waals surface area contributed by atoms with Gasteiger partial charge in [0.05, 0.1) is 32.9 Å². The fourth-order valence-electron chi connectivity index (χ4n) is 2.48. The molecule has 0 radical (unpaired) electrons. The summed E-state index contributed by atoms with van der Waals surface area (Å²) >= 11 is 2.97. The van der Waals surface area contributed by atoms with Crippen LogP contribution in [0.1, 0.15) is 10.6 Å². The van der Waals surface area contributed by atoms with Crippen LogP contribution in [0.25, 0.3) is 10.6 Å². The van der Waals surface area contributed by atoms with Crippen molar-refractivity contribution < 1.29 is 23.8 Å². The number of aromatic nitrogens is 1. The van der Waals surface area contributed by atoms with E-state index in [0.717, 1.165) is 15.4 Å². The zero-order chi connectivity index (χ0) is 20.6. The zero-order valence-corrected chi connectivity index (χ0v) is 17.6. The first-order valence-electron chi connectivity index (χ1n) is 8.70. The largest absolute Gasteiger partial charge is 0.493 e. The highest BCUT2D eigenvalue weighted by Crippen LogP contribution is 2.33. The summed E-state index contributed by atoms with van der Waals surface area (Å²) in [5.41, 5.74) is 1.45. The lowest BCUT2D eigenvalue weighted by Crippen LogP contribution is -2.28. The van der Waals surface area contributed by atoms with E-state index in [9.17, 15) is 9.59 Å². The Morgan fingerprint density at radius 1 is 1.10 bits per heavy atom. The minimum atomic E-state index is -0.500. The number of amides is 1. The highest BCUT2D eigenvalue weighted by molar-refractivity contribution is 7.13. The SMILES string of the molecule is COc1ccc(-c2nc(CC(=O)OCC(=O)NCc3cccs3)cs2)cc1OC. The van der Waals surface area contributed by atoms with Gasteiger partial charge in [-0.15, -0.1) is 22.7 Å². The Morgan fingerprint density at radius 2 is 1.93 bits per heavy atom. The molecular weight excluding hydrogens is 412 g/mol. The van der Waals surface area contributed by atoms with Crippen molar-refractivity contribution in [2.24, 2.45) is 0 Å². The van der Waals surface area contributed by atoms with Gasteiger partial charge in [-0.25, -0.2) is 4.98 Å². The van der Waals surface area contributed by atoms with Crippen LogP contribution >= 0.6 is 22.7 Å². The molecule has 2 heterocycles. The summed E-state index contributed by atoms with van der Waals surface area (Å²) in [6.45, 7) is 0.117. The summed E-state index contributed by atoms with van der Waals surface area (Å²) in [7, 11) is 3.15. The fraction of sp³-hybridized carbons (Fsp3) is 0.250. The van der Waals surface area contributed by atoms with E-state index < -0.39 is 5.97 Å². The van der Waals surface area contributed by atoms with Crippen LogP contribution in [0, 0.1) is 0 Å². The number of carbonyl (C=O) groups excluding carboxylic acids is 2. The van der Waals surface area contributed by atoms with Crippen molar-refractivity contribution in [1.82, 2.24) is 10.3 Å². The highest BCUT2D eigenvalue weighted by Gasteiger charge is 2.13. The smallest absolute Gasteiger partial charge is 0.312 e. The number of carbonyl (C=O) groups is 2. The molecule has 9 heteroatoms. The lowest BCUT2D eigenvalue weighted by atomic mass is 10.2. The minimum absolute atomic E-state index is 0.00198.